The van der Waals surface area contributed by atoms with Gasteiger partial charge in [0.2, 0.25) is 5.76 Å². The van der Waals surface area contributed by atoms with Crippen LogP contribution < -0.4 is 5.32 Å². The highest BCUT2D eigenvalue weighted by atomic mass is 19.3. The third-order valence-corrected chi connectivity index (χ3v) is 8.41. The molecule has 1 aromatic carbocycles. The van der Waals surface area contributed by atoms with E-state index >= 15 is 0 Å². The molecular weight excluding hydrogens is 452 g/mol. The monoisotopic (exact) mass is 483 g/mol. The van der Waals surface area contributed by atoms with Gasteiger partial charge in [-0.25, -0.2) is 8.78 Å². The molecule has 0 spiro atoms. The number of aryl methyl sites for hydroxylation is 1. The lowest BCUT2D eigenvalue weighted by Crippen LogP contribution is -2.38. The summed E-state index contributed by atoms with van der Waals surface area (Å²) in [6.07, 6.45) is 5.69. The predicted molar refractivity (Wildman–Crippen MR) is 126 cm³/mol. The van der Waals surface area contributed by atoms with Gasteiger partial charge in [-0.1, -0.05) is 11.2 Å². The minimum Gasteiger partial charge on any atom is -0.355 e. The second-order valence-corrected chi connectivity index (χ2v) is 10.7. The van der Waals surface area contributed by atoms with Gasteiger partial charge in [0.25, 0.3) is 12.3 Å². The van der Waals surface area contributed by atoms with E-state index in [0.29, 0.717) is 23.1 Å². The number of likely N-dealkylation sites (tertiary alicyclic amines) is 1. The van der Waals surface area contributed by atoms with E-state index in [1.54, 1.807) is 4.68 Å². The Morgan fingerprint density at radius 3 is 2.89 bits per heavy atom. The van der Waals surface area contributed by atoms with E-state index in [1.807, 2.05) is 31.4 Å². The Hall–Kier alpha value is -2.81. The number of amides is 1. The summed E-state index contributed by atoms with van der Waals surface area (Å²) in [7, 11) is 1.87. The summed E-state index contributed by atoms with van der Waals surface area (Å²) in [6.45, 7) is 2.93. The Balaban J connectivity index is 0.970. The fourth-order valence-electron chi connectivity index (χ4n) is 6.36. The lowest BCUT2D eigenvalue weighted by atomic mass is 9.84. The molecule has 2 unspecified atom stereocenters. The molecular formula is C26H31F2N5O2. The molecule has 186 valence electrons. The molecule has 9 heteroatoms. The Kier molecular flexibility index (Phi) is 5.62. The van der Waals surface area contributed by atoms with E-state index in [2.05, 4.69) is 20.5 Å². The number of halogens is 2. The van der Waals surface area contributed by atoms with Gasteiger partial charge in [-0.05, 0) is 69.0 Å². The van der Waals surface area contributed by atoms with Crippen molar-refractivity contribution in [2.45, 2.75) is 56.4 Å². The number of nitrogens with zero attached hydrogens (tertiary/aromatic N) is 4. The molecule has 3 heterocycles. The highest BCUT2D eigenvalue weighted by Crippen LogP contribution is 2.58. The van der Waals surface area contributed by atoms with Gasteiger partial charge >= 0.3 is 0 Å². The number of alkyl halides is 2. The second-order valence-electron chi connectivity index (χ2n) is 10.7. The van der Waals surface area contributed by atoms with Crippen LogP contribution >= 0.6 is 0 Å². The molecule has 7 nitrogen and oxygen atoms in total. The number of hydrogen-bond donors (Lipinski definition) is 1. The second kappa shape index (κ2) is 8.69. The van der Waals surface area contributed by atoms with Crippen LogP contribution in [0, 0.1) is 11.8 Å². The first-order valence-electron chi connectivity index (χ1n) is 12.6. The van der Waals surface area contributed by atoms with Gasteiger partial charge in [-0.15, -0.1) is 0 Å². The molecule has 35 heavy (non-hydrogen) atoms. The highest BCUT2D eigenvalue weighted by Gasteiger charge is 2.62. The maximum absolute atomic E-state index is 12.9. The molecule has 1 aliphatic heterocycles. The van der Waals surface area contributed by atoms with Gasteiger partial charge in [0.15, 0.2) is 0 Å². The average molecular weight is 484 g/mol. The van der Waals surface area contributed by atoms with Crippen LogP contribution in [0.5, 0.6) is 0 Å². The quantitative estimate of drug-likeness (QED) is 0.537. The Morgan fingerprint density at radius 1 is 1.29 bits per heavy atom. The maximum atomic E-state index is 12.9. The van der Waals surface area contributed by atoms with Crippen molar-refractivity contribution < 1.29 is 18.1 Å². The molecule has 2 saturated carbocycles. The zero-order chi connectivity index (χ0) is 24.2. The standard InChI is InChI=1S/C26H31F2N5O2/c1-32-14-20-19(3-2-4-21(20)30-32)25(34)29-18-7-5-16(6-8-18)9-10-33-13-17-12-26(17,15-33)23-11-22(24(27)28)35-31-23/h2-4,11,14,16-18,24H,5-10,12-13,15H2,1H3,(H,29,34). The molecule has 1 amide bonds. The maximum Gasteiger partial charge on any atom is 0.298 e. The van der Waals surface area contributed by atoms with Gasteiger partial charge < -0.3 is 14.7 Å². The van der Waals surface area contributed by atoms with Crippen LogP contribution in [0.2, 0.25) is 0 Å². The molecule has 2 aromatic heterocycles. The van der Waals surface area contributed by atoms with Gasteiger partial charge in [0, 0.05) is 49.2 Å². The normalized spacial score (nSPS) is 28.5. The zero-order valence-electron chi connectivity index (χ0n) is 19.9. The summed E-state index contributed by atoms with van der Waals surface area (Å²) in [5.41, 5.74) is 2.16. The van der Waals surface area contributed by atoms with E-state index in [4.69, 9.17) is 4.52 Å². The molecule has 3 aliphatic rings. The fourth-order valence-corrected chi connectivity index (χ4v) is 6.36. The SMILES string of the molecule is Cn1cc2c(C(=O)NC3CCC(CCN4CC5CC5(c5cc(C(F)F)on5)C4)CC3)cccc2n1. The number of hydrogen-bond acceptors (Lipinski definition) is 5. The first-order valence-corrected chi connectivity index (χ1v) is 12.6. The van der Waals surface area contributed by atoms with Crippen LogP contribution in [0.25, 0.3) is 10.9 Å². The largest absolute Gasteiger partial charge is 0.355 e. The number of piperidine rings is 1. The number of aromatic nitrogens is 3. The van der Waals surface area contributed by atoms with Crippen LogP contribution in [0.3, 0.4) is 0 Å². The molecule has 0 bridgehead atoms. The van der Waals surface area contributed by atoms with Gasteiger partial charge in [0.1, 0.15) is 0 Å². The molecule has 2 aliphatic carbocycles. The number of nitrogens with one attached hydrogen (secondary N) is 1. The minimum atomic E-state index is -2.61. The van der Waals surface area contributed by atoms with E-state index in [1.165, 1.54) is 6.07 Å². The van der Waals surface area contributed by atoms with Gasteiger partial charge in [0.05, 0.1) is 16.8 Å². The fraction of sp³-hybridized carbons (Fsp3) is 0.577. The summed E-state index contributed by atoms with van der Waals surface area (Å²) in [5.74, 6) is 0.833. The molecule has 1 saturated heterocycles. The smallest absolute Gasteiger partial charge is 0.298 e. The lowest BCUT2D eigenvalue weighted by molar-refractivity contribution is 0.0921. The first-order chi connectivity index (χ1) is 16.9. The topological polar surface area (TPSA) is 76.2 Å². The predicted octanol–water partition coefficient (Wildman–Crippen LogP) is 4.45. The van der Waals surface area contributed by atoms with Crippen molar-refractivity contribution in [2.75, 3.05) is 19.6 Å². The van der Waals surface area contributed by atoms with Crippen LogP contribution in [0.4, 0.5) is 8.78 Å². The summed E-state index contributed by atoms with van der Waals surface area (Å²) >= 11 is 0. The van der Waals surface area contributed by atoms with E-state index in [-0.39, 0.29) is 23.1 Å². The summed E-state index contributed by atoms with van der Waals surface area (Å²) < 4.78 is 32.4. The molecule has 0 radical (unpaired) electrons. The third-order valence-electron chi connectivity index (χ3n) is 8.41. The average Bonchev–Trinajstić information content (AvgIpc) is 3.24. The van der Waals surface area contributed by atoms with Crippen LogP contribution in [0.1, 0.15) is 66.8 Å². The Labute approximate surface area is 202 Å². The Bertz CT molecular complexity index is 1230. The third kappa shape index (κ3) is 4.24. The van der Waals surface area contributed by atoms with Crippen molar-refractivity contribution in [3.05, 3.63) is 47.5 Å². The molecule has 1 N–H and O–H groups in total. The van der Waals surface area contributed by atoms with E-state index in [0.717, 1.165) is 69.1 Å². The lowest BCUT2D eigenvalue weighted by Gasteiger charge is -2.30. The number of carbonyl (C=O) groups is 1. The summed E-state index contributed by atoms with van der Waals surface area (Å²) in [4.78, 5) is 15.4. The molecule has 3 aromatic rings. The van der Waals surface area contributed by atoms with Gasteiger partial charge in [-0.2, -0.15) is 5.10 Å². The van der Waals surface area contributed by atoms with Crippen molar-refractivity contribution in [1.29, 1.82) is 0 Å². The van der Waals surface area contributed by atoms with Crippen LogP contribution in [0.15, 0.2) is 35.0 Å². The van der Waals surface area contributed by atoms with Crippen molar-refractivity contribution in [2.24, 2.45) is 18.9 Å². The molecule has 3 fully saturated rings. The first kappa shape index (κ1) is 22.6. The van der Waals surface area contributed by atoms with E-state index in [9.17, 15) is 13.6 Å². The van der Waals surface area contributed by atoms with Crippen molar-refractivity contribution in [3.63, 3.8) is 0 Å². The number of carbonyl (C=O) groups excluding carboxylic acids is 1. The molecule has 2 atom stereocenters. The van der Waals surface area contributed by atoms with Gasteiger partial charge in [-0.3, -0.25) is 9.48 Å². The molecule has 6 rings (SSSR count). The van der Waals surface area contributed by atoms with Crippen LogP contribution in [-0.4, -0.2) is 51.4 Å². The summed E-state index contributed by atoms with van der Waals surface area (Å²) in [6, 6.07) is 7.35. The van der Waals surface area contributed by atoms with Crippen molar-refractivity contribution >= 4 is 16.8 Å². The highest BCUT2D eigenvalue weighted by molar-refractivity contribution is 6.06. The van der Waals surface area contributed by atoms with Crippen LogP contribution in [-0.2, 0) is 12.5 Å². The number of benzene rings is 1. The number of fused-ring (bicyclic) bond motifs is 2. The summed E-state index contributed by atoms with van der Waals surface area (Å²) in [5, 5.41) is 12.5. The Morgan fingerprint density at radius 2 is 2.11 bits per heavy atom. The van der Waals surface area contributed by atoms with Crippen molar-refractivity contribution in [1.82, 2.24) is 25.2 Å². The number of rotatable bonds is 7. The zero-order valence-corrected chi connectivity index (χ0v) is 19.9. The van der Waals surface area contributed by atoms with E-state index < -0.39 is 6.43 Å². The van der Waals surface area contributed by atoms with Crippen molar-refractivity contribution in [3.8, 4) is 0 Å². The minimum absolute atomic E-state index is 0.0171.